The van der Waals surface area contributed by atoms with Crippen molar-refractivity contribution in [2.24, 2.45) is 0 Å². The zero-order valence-electron chi connectivity index (χ0n) is 31.6. The summed E-state index contributed by atoms with van der Waals surface area (Å²) in [5, 5.41) is 5.09. The van der Waals surface area contributed by atoms with Crippen molar-refractivity contribution in [1.29, 1.82) is 0 Å². The fourth-order valence-corrected chi connectivity index (χ4v) is 8.40. The topological polar surface area (TPSA) is 9.86 Å². The summed E-state index contributed by atoms with van der Waals surface area (Å²) >= 11 is 0. The Morgan fingerprint density at radius 1 is 0.421 bits per heavy atom. The van der Waals surface area contributed by atoms with Gasteiger partial charge in [0, 0.05) is 32.9 Å². The van der Waals surface area contributed by atoms with Gasteiger partial charge >= 0.3 is 0 Å². The van der Waals surface area contributed by atoms with Crippen molar-refractivity contribution in [3.8, 4) is 33.6 Å². The third kappa shape index (κ3) is 6.28. The van der Waals surface area contributed by atoms with Gasteiger partial charge in [0.15, 0.2) is 0 Å². The van der Waals surface area contributed by atoms with E-state index in [4.69, 9.17) is 0 Å². The van der Waals surface area contributed by atoms with Crippen LogP contribution in [0.5, 0.6) is 0 Å². The molecule has 0 N–H and O–H groups in total. The molecular weight excluding hydrogens is 689 g/mol. The van der Waals surface area contributed by atoms with Gasteiger partial charge in [-0.25, -0.2) is 0 Å². The van der Waals surface area contributed by atoms with Gasteiger partial charge in [-0.05, 0) is 112 Å². The number of para-hydroxylation sites is 4. The molecule has 0 saturated carbocycles. The van der Waals surface area contributed by atoms with Crippen molar-refractivity contribution in [2.75, 3.05) is 0 Å². The van der Waals surface area contributed by atoms with E-state index in [1.54, 1.807) is 0 Å². The molecule has 10 aromatic rings. The zero-order chi connectivity index (χ0) is 38.1. The van der Waals surface area contributed by atoms with E-state index >= 15 is 0 Å². The van der Waals surface area contributed by atoms with Gasteiger partial charge in [0.1, 0.15) is 0 Å². The van der Waals surface area contributed by atoms with Crippen molar-refractivity contribution >= 4 is 49.2 Å². The molecule has 0 saturated heterocycles. The van der Waals surface area contributed by atoms with E-state index in [0.29, 0.717) is 0 Å². The van der Waals surface area contributed by atoms with Gasteiger partial charge in [0.2, 0.25) is 0 Å². The number of rotatable bonds is 9. The lowest BCUT2D eigenvalue weighted by molar-refractivity contribution is 1.16. The van der Waals surface area contributed by atoms with Crippen LogP contribution >= 0.6 is 0 Å². The van der Waals surface area contributed by atoms with E-state index in [9.17, 15) is 0 Å². The average molecular weight is 729 g/mol. The summed E-state index contributed by atoms with van der Waals surface area (Å²) < 4.78 is 4.73. The Hall–Kier alpha value is -7.42. The zero-order valence-corrected chi connectivity index (χ0v) is 31.6. The lowest BCUT2D eigenvalue weighted by Crippen LogP contribution is -1.94. The molecule has 2 aromatic heterocycles. The first-order valence-electron chi connectivity index (χ1n) is 19.6. The first-order valence-corrected chi connectivity index (χ1v) is 19.6. The second-order valence-corrected chi connectivity index (χ2v) is 14.6. The fraction of sp³-hybridized carbons (Fsp3) is 0.0182. The second kappa shape index (κ2) is 14.7. The van der Waals surface area contributed by atoms with E-state index in [-0.39, 0.29) is 0 Å². The number of fused-ring (bicyclic) bond motifs is 6. The Bertz CT molecular complexity index is 3030. The minimum atomic E-state index is 0.835. The Morgan fingerprint density at radius 2 is 0.842 bits per heavy atom. The maximum atomic E-state index is 4.24. The molecule has 2 heteroatoms. The van der Waals surface area contributed by atoms with E-state index < -0.39 is 0 Å². The largest absolute Gasteiger partial charge is 0.309 e. The number of hydrogen-bond donors (Lipinski definition) is 0. The van der Waals surface area contributed by atoms with Gasteiger partial charge in [-0.3, -0.25) is 0 Å². The normalized spacial score (nSPS) is 12.0. The van der Waals surface area contributed by atoms with Crippen LogP contribution < -0.4 is 0 Å². The Balaban J connectivity index is 0.941. The minimum absolute atomic E-state index is 0.835. The van der Waals surface area contributed by atoms with Gasteiger partial charge in [0.05, 0.1) is 22.1 Å². The highest BCUT2D eigenvalue weighted by atomic mass is 15.0. The third-order valence-electron chi connectivity index (χ3n) is 11.2. The standard InChI is InChI=1S/C55H40N2/c1-2-40(17-7-6-16-39-28-32-46(33-29-39)56-52-24-12-8-20-48(52)49-21-9-13-25-53(49)56)43-36-44(41-18-4-3-5-19-41)38-45(37-43)42-30-34-47(35-31-42)57-54-26-14-10-22-50(54)51-23-11-15-27-55(51)57/h2-15,17-38H,1,16H2/b7-6-,40-17+. The van der Waals surface area contributed by atoms with Gasteiger partial charge in [-0.15, -0.1) is 0 Å². The number of aromatic nitrogens is 2. The Labute approximate surface area is 333 Å². The van der Waals surface area contributed by atoms with Gasteiger partial charge in [-0.2, -0.15) is 0 Å². The van der Waals surface area contributed by atoms with Crippen LogP contribution in [0.15, 0.2) is 225 Å². The summed E-state index contributed by atoms with van der Waals surface area (Å²) in [6.07, 6.45) is 9.37. The molecule has 0 spiro atoms. The van der Waals surface area contributed by atoms with E-state index in [0.717, 1.165) is 23.2 Å². The molecule has 0 amide bonds. The summed E-state index contributed by atoms with van der Waals surface area (Å²) in [5.41, 5.74) is 15.4. The van der Waals surface area contributed by atoms with Crippen molar-refractivity contribution in [2.45, 2.75) is 6.42 Å². The highest BCUT2D eigenvalue weighted by Crippen LogP contribution is 2.36. The molecule has 0 aliphatic carbocycles. The van der Waals surface area contributed by atoms with Gasteiger partial charge in [0.25, 0.3) is 0 Å². The molecule has 57 heavy (non-hydrogen) atoms. The number of hydrogen-bond acceptors (Lipinski definition) is 0. The lowest BCUT2D eigenvalue weighted by Gasteiger charge is -2.13. The second-order valence-electron chi connectivity index (χ2n) is 14.6. The molecule has 0 unspecified atom stereocenters. The summed E-state index contributed by atoms with van der Waals surface area (Å²) in [4.78, 5) is 0. The first-order chi connectivity index (χ1) is 28.2. The predicted octanol–water partition coefficient (Wildman–Crippen LogP) is 14.6. The molecule has 0 bridgehead atoms. The first kappa shape index (κ1) is 34.1. The molecular formula is C55H40N2. The maximum absolute atomic E-state index is 4.24. The number of allylic oxidation sites excluding steroid dienone is 5. The molecule has 8 aromatic carbocycles. The van der Waals surface area contributed by atoms with Crippen molar-refractivity contribution in [1.82, 2.24) is 9.13 Å². The minimum Gasteiger partial charge on any atom is -0.309 e. The average Bonchev–Trinajstić information content (AvgIpc) is 3.80. The smallest absolute Gasteiger partial charge is 0.0541 e. The van der Waals surface area contributed by atoms with E-state index in [2.05, 4.69) is 228 Å². The lowest BCUT2D eigenvalue weighted by atomic mass is 9.93. The van der Waals surface area contributed by atoms with E-state index in [1.165, 1.54) is 77.1 Å². The molecule has 2 nitrogen and oxygen atoms in total. The Morgan fingerprint density at radius 3 is 1.32 bits per heavy atom. The summed E-state index contributed by atoms with van der Waals surface area (Å²) in [5.74, 6) is 0. The Kier molecular flexibility index (Phi) is 8.78. The van der Waals surface area contributed by atoms with Crippen LogP contribution in [0.4, 0.5) is 0 Å². The summed E-state index contributed by atoms with van der Waals surface area (Å²) in [6, 6.07) is 70.0. The van der Waals surface area contributed by atoms with Crippen LogP contribution in [-0.2, 0) is 6.42 Å². The number of nitrogens with zero attached hydrogens (tertiary/aromatic N) is 2. The fourth-order valence-electron chi connectivity index (χ4n) is 8.40. The van der Waals surface area contributed by atoms with Crippen LogP contribution in [0.25, 0.3) is 82.8 Å². The molecule has 2 heterocycles. The highest BCUT2D eigenvalue weighted by Gasteiger charge is 2.14. The molecule has 270 valence electrons. The van der Waals surface area contributed by atoms with Crippen molar-refractivity contribution in [3.63, 3.8) is 0 Å². The van der Waals surface area contributed by atoms with Gasteiger partial charge < -0.3 is 9.13 Å². The monoisotopic (exact) mass is 728 g/mol. The van der Waals surface area contributed by atoms with Crippen LogP contribution in [0.2, 0.25) is 0 Å². The summed E-state index contributed by atoms with van der Waals surface area (Å²) in [7, 11) is 0. The third-order valence-corrected chi connectivity index (χ3v) is 11.2. The SMILES string of the molecule is C=C/C(=C\C=C/Cc1ccc(-n2c3ccccc3c3ccccc32)cc1)c1cc(-c2ccccc2)cc(-c2ccc(-n3c4ccccc4c4ccccc43)cc2)c1. The van der Waals surface area contributed by atoms with Crippen LogP contribution in [0.3, 0.4) is 0 Å². The molecule has 0 aliphatic heterocycles. The molecule has 10 rings (SSSR count). The van der Waals surface area contributed by atoms with E-state index in [1.807, 2.05) is 6.08 Å². The quantitative estimate of drug-likeness (QED) is 0.131. The van der Waals surface area contributed by atoms with Crippen LogP contribution in [-0.4, -0.2) is 9.13 Å². The van der Waals surface area contributed by atoms with Crippen molar-refractivity contribution < 1.29 is 0 Å². The number of benzene rings is 8. The molecule has 0 aliphatic rings. The highest BCUT2D eigenvalue weighted by molar-refractivity contribution is 6.10. The summed E-state index contributed by atoms with van der Waals surface area (Å²) in [6.45, 7) is 4.24. The molecule has 0 fully saturated rings. The van der Waals surface area contributed by atoms with Crippen LogP contribution in [0.1, 0.15) is 11.1 Å². The van der Waals surface area contributed by atoms with Gasteiger partial charge in [-0.1, -0.05) is 158 Å². The predicted molar refractivity (Wildman–Crippen MR) is 243 cm³/mol. The molecule has 0 atom stereocenters. The maximum Gasteiger partial charge on any atom is 0.0541 e. The van der Waals surface area contributed by atoms with Crippen LogP contribution in [0, 0.1) is 0 Å². The van der Waals surface area contributed by atoms with Crippen molar-refractivity contribution in [3.05, 3.63) is 236 Å². The molecule has 0 radical (unpaired) electrons.